The van der Waals surface area contributed by atoms with Crippen LogP contribution in [0.2, 0.25) is 0 Å². The second-order valence-electron chi connectivity index (χ2n) is 4.38. The number of nitrogens with two attached hydrogens (primary N) is 1. The van der Waals surface area contributed by atoms with Crippen LogP contribution in [0, 0.1) is 0 Å². The number of methoxy groups -OCH3 is 1. The maximum absolute atomic E-state index is 11.2. The van der Waals surface area contributed by atoms with Gasteiger partial charge < -0.3 is 10.5 Å². The third-order valence-electron chi connectivity index (χ3n) is 3.04. The van der Waals surface area contributed by atoms with Gasteiger partial charge in [-0.25, -0.2) is 0 Å². The Morgan fingerprint density at radius 3 is 2.47 bits per heavy atom. The van der Waals surface area contributed by atoms with Gasteiger partial charge in [0.05, 0.1) is 13.5 Å². The van der Waals surface area contributed by atoms with E-state index in [1.165, 1.54) is 7.11 Å². The zero-order valence-corrected chi connectivity index (χ0v) is 10.9. The van der Waals surface area contributed by atoms with E-state index < -0.39 is 0 Å². The summed E-state index contributed by atoms with van der Waals surface area (Å²) in [5.41, 5.74) is 9.18. The average molecular weight is 255 g/mol. The molecule has 0 aromatic heterocycles. The third kappa shape index (κ3) is 3.42. The Labute approximate surface area is 113 Å². The number of ether oxygens (including phenoxy) is 1. The van der Waals surface area contributed by atoms with Gasteiger partial charge in [-0.15, -0.1) is 0 Å². The van der Waals surface area contributed by atoms with Crippen LogP contribution in [0.25, 0.3) is 11.1 Å². The molecular formula is C16H17NO2. The van der Waals surface area contributed by atoms with Gasteiger partial charge in [-0.2, -0.15) is 0 Å². The summed E-state index contributed by atoms with van der Waals surface area (Å²) < 4.78 is 4.64. The van der Waals surface area contributed by atoms with E-state index in [4.69, 9.17) is 5.73 Å². The van der Waals surface area contributed by atoms with Crippen LogP contribution in [-0.4, -0.2) is 13.1 Å². The van der Waals surface area contributed by atoms with Gasteiger partial charge in [0.1, 0.15) is 0 Å². The van der Waals surface area contributed by atoms with Crippen LogP contribution in [0.5, 0.6) is 0 Å². The van der Waals surface area contributed by atoms with E-state index in [9.17, 15) is 4.79 Å². The lowest BCUT2D eigenvalue weighted by molar-refractivity contribution is -0.141. The van der Waals surface area contributed by atoms with Gasteiger partial charge >= 0.3 is 5.97 Å². The van der Waals surface area contributed by atoms with E-state index in [-0.39, 0.29) is 18.4 Å². The molecule has 3 heteroatoms. The topological polar surface area (TPSA) is 52.3 Å². The van der Waals surface area contributed by atoms with Crippen molar-refractivity contribution < 1.29 is 9.53 Å². The molecule has 0 aliphatic heterocycles. The number of esters is 1. The molecule has 0 unspecified atom stereocenters. The van der Waals surface area contributed by atoms with Crippen molar-refractivity contribution in [3.8, 4) is 11.1 Å². The van der Waals surface area contributed by atoms with Gasteiger partial charge in [-0.3, -0.25) is 4.79 Å². The van der Waals surface area contributed by atoms with Gasteiger partial charge in [0.25, 0.3) is 0 Å². The number of benzene rings is 2. The Morgan fingerprint density at radius 2 is 1.79 bits per heavy atom. The molecule has 0 aliphatic carbocycles. The molecule has 0 aliphatic rings. The van der Waals surface area contributed by atoms with Crippen LogP contribution in [0.1, 0.15) is 18.0 Å². The highest BCUT2D eigenvalue weighted by molar-refractivity contribution is 5.70. The van der Waals surface area contributed by atoms with Gasteiger partial charge in [-0.05, 0) is 22.8 Å². The van der Waals surface area contributed by atoms with Crippen molar-refractivity contribution in [1.82, 2.24) is 0 Å². The first-order valence-electron chi connectivity index (χ1n) is 6.18. The minimum absolute atomic E-state index is 0.189. The van der Waals surface area contributed by atoms with Crippen molar-refractivity contribution >= 4 is 5.97 Å². The Bertz CT molecular complexity index is 552. The Balaban J connectivity index is 2.22. The molecular weight excluding hydrogens is 238 g/mol. The summed E-state index contributed by atoms with van der Waals surface area (Å²) in [5, 5.41) is 0. The summed E-state index contributed by atoms with van der Waals surface area (Å²) >= 11 is 0. The lowest BCUT2D eigenvalue weighted by Crippen LogP contribution is -2.16. The Kier molecular flexibility index (Phi) is 4.31. The van der Waals surface area contributed by atoms with Crippen molar-refractivity contribution in [3.63, 3.8) is 0 Å². The fourth-order valence-corrected chi connectivity index (χ4v) is 1.96. The lowest BCUT2D eigenvalue weighted by Gasteiger charge is -2.12. The quantitative estimate of drug-likeness (QED) is 0.855. The molecule has 0 fully saturated rings. The summed E-state index contributed by atoms with van der Waals surface area (Å²) in [6.45, 7) is 0. The minimum atomic E-state index is -0.337. The monoisotopic (exact) mass is 255 g/mol. The second-order valence-corrected chi connectivity index (χ2v) is 4.38. The molecule has 0 heterocycles. The van der Waals surface area contributed by atoms with E-state index in [0.717, 1.165) is 16.7 Å². The molecule has 98 valence electrons. The molecule has 2 N–H and O–H groups in total. The molecule has 1 atom stereocenters. The molecule has 2 aromatic carbocycles. The van der Waals surface area contributed by atoms with E-state index >= 15 is 0 Å². The third-order valence-corrected chi connectivity index (χ3v) is 3.04. The molecule has 0 bridgehead atoms. The summed E-state index contributed by atoms with van der Waals surface area (Å²) in [5.74, 6) is -0.294. The highest BCUT2D eigenvalue weighted by Crippen LogP contribution is 2.23. The zero-order valence-electron chi connectivity index (χ0n) is 10.9. The number of rotatable bonds is 4. The zero-order chi connectivity index (χ0) is 13.7. The van der Waals surface area contributed by atoms with Crippen LogP contribution < -0.4 is 5.73 Å². The Morgan fingerprint density at radius 1 is 1.11 bits per heavy atom. The summed E-state index contributed by atoms with van der Waals surface area (Å²) in [4.78, 5) is 11.2. The number of carbonyl (C=O) groups excluding carboxylic acids is 1. The highest BCUT2D eigenvalue weighted by Gasteiger charge is 2.12. The molecule has 0 spiro atoms. The molecule has 2 rings (SSSR count). The standard InChI is InChI=1S/C16H17NO2/c1-19-16(18)11-15(17)14-9-5-8-13(10-14)12-6-3-2-4-7-12/h2-10,15H,11,17H2,1H3/t15-/m0/s1. The van der Waals surface area contributed by atoms with E-state index in [0.29, 0.717) is 0 Å². The van der Waals surface area contributed by atoms with Crippen molar-refractivity contribution in [1.29, 1.82) is 0 Å². The molecule has 2 aromatic rings. The first kappa shape index (κ1) is 13.3. The molecule has 3 nitrogen and oxygen atoms in total. The maximum atomic E-state index is 11.2. The molecule has 0 radical (unpaired) electrons. The largest absolute Gasteiger partial charge is 0.469 e. The van der Waals surface area contributed by atoms with Gasteiger partial charge in [0.15, 0.2) is 0 Å². The normalized spacial score (nSPS) is 11.9. The van der Waals surface area contributed by atoms with Crippen LogP contribution in [0.4, 0.5) is 0 Å². The fourth-order valence-electron chi connectivity index (χ4n) is 1.96. The molecule has 19 heavy (non-hydrogen) atoms. The highest BCUT2D eigenvalue weighted by atomic mass is 16.5. The smallest absolute Gasteiger partial charge is 0.307 e. The SMILES string of the molecule is COC(=O)C[C@H](N)c1cccc(-c2ccccc2)c1. The fraction of sp³-hybridized carbons (Fsp3) is 0.188. The van der Waals surface area contributed by atoms with Gasteiger partial charge in [-0.1, -0.05) is 48.5 Å². The lowest BCUT2D eigenvalue weighted by atomic mass is 9.98. The maximum Gasteiger partial charge on any atom is 0.307 e. The first-order chi connectivity index (χ1) is 9.20. The number of hydrogen-bond acceptors (Lipinski definition) is 3. The predicted octanol–water partition coefficient (Wildman–Crippen LogP) is 2.92. The summed E-state index contributed by atoms with van der Waals surface area (Å²) in [6.07, 6.45) is 0.189. The average Bonchev–Trinajstić information content (AvgIpc) is 2.48. The first-order valence-corrected chi connectivity index (χ1v) is 6.18. The van der Waals surface area contributed by atoms with Crippen LogP contribution in [-0.2, 0) is 9.53 Å². The second kappa shape index (κ2) is 6.16. The molecule has 0 saturated carbocycles. The van der Waals surface area contributed by atoms with Crippen LogP contribution >= 0.6 is 0 Å². The van der Waals surface area contributed by atoms with Gasteiger partial charge in [0, 0.05) is 6.04 Å². The predicted molar refractivity (Wildman–Crippen MR) is 75.4 cm³/mol. The molecule has 0 saturated heterocycles. The van der Waals surface area contributed by atoms with E-state index in [2.05, 4.69) is 4.74 Å². The van der Waals surface area contributed by atoms with E-state index in [1.807, 2.05) is 54.6 Å². The van der Waals surface area contributed by atoms with Crippen molar-refractivity contribution in [2.75, 3.05) is 7.11 Å². The number of carbonyl (C=O) groups is 1. The van der Waals surface area contributed by atoms with Crippen molar-refractivity contribution in [3.05, 3.63) is 60.2 Å². The van der Waals surface area contributed by atoms with Crippen molar-refractivity contribution in [2.45, 2.75) is 12.5 Å². The minimum Gasteiger partial charge on any atom is -0.469 e. The molecule has 0 amide bonds. The number of hydrogen-bond donors (Lipinski definition) is 1. The van der Waals surface area contributed by atoms with E-state index in [1.54, 1.807) is 0 Å². The van der Waals surface area contributed by atoms with Crippen LogP contribution in [0.15, 0.2) is 54.6 Å². The Hall–Kier alpha value is -2.13. The summed E-state index contributed by atoms with van der Waals surface area (Å²) in [6, 6.07) is 17.7. The van der Waals surface area contributed by atoms with Crippen molar-refractivity contribution in [2.24, 2.45) is 5.73 Å². The summed E-state index contributed by atoms with van der Waals surface area (Å²) in [7, 11) is 1.37. The van der Waals surface area contributed by atoms with Gasteiger partial charge in [0.2, 0.25) is 0 Å². The van der Waals surface area contributed by atoms with Crippen LogP contribution in [0.3, 0.4) is 0 Å².